The molecule has 0 aliphatic heterocycles. The van der Waals surface area contributed by atoms with Crippen molar-refractivity contribution in [3.05, 3.63) is 17.4 Å². The summed E-state index contributed by atoms with van der Waals surface area (Å²) in [5.74, 6) is -0.0582. The van der Waals surface area contributed by atoms with Gasteiger partial charge in [0.25, 0.3) is 0 Å². The zero-order valence-electron chi connectivity index (χ0n) is 8.54. The van der Waals surface area contributed by atoms with Gasteiger partial charge in [-0.05, 0) is 6.92 Å². The van der Waals surface area contributed by atoms with Crippen molar-refractivity contribution in [3.63, 3.8) is 0 Å². The van der Waals surface area contributed by atoms with Crippen LogP contribution >= 0.6 is 11.3 Å². The monoisotopic (exact) mass is 238 g/mol. The summed E-state index contributed by atoms with van der Waals surface area (Å²) in [6.45, 7) is 1.99. The molecular weight excluding hydrogens is 228 g/mol. The van der Waals surface area contributed by atoms with Gasteiger partial charge >= 0.3 is 0 Å². The standard InChI is InChI=1S/C8H10N6OS/c1-5-2-10-8(16-5)12-6(15)3-14-4-11-7(9)13-14/h2,4H,3H2,1H3,(H2,9,13)(H,10,12,15). The Morgan fingerprint density at radius 1 is 1.62 bits per heavy atom. The Kier molecular flexibility index (Phi) is 2.82. The highest BCUT2D eigenvalue weighted by molar-refractivity contribution is 7.15. The van der Waals surface area contributed by atoms with Crippen molar-refractivity contribution in [2.24, 2.45) is 0 Å². The minimum absolute atomic E-state index is 0.0722. The van der Waals surface area contributed by atoms with Crippen LogP contribution in [0.15, 0.2) is 12.5 Å². The minimum Gasteiger partial charge on any atom is -0.367 e. The van der Waals surface area contributed by atoms with Gasteiger partial charge in [0.2, 0.25) is 11.9 Å². The van der Waals surface area contributed by atoms with Gasteiger partial charge in [-0.25, -0.2) is 14.6 Å². The van der Waals surface area contributed by atoms with E-state index in [2.05, 4.69) is 20.4 Å². The number of nitrogen functional groups attached to an aromatic ring is 1. The van der Waals surface area contributed by atoms with E-state index in [0.717, 1.165) is 4.88 Å². The molecule has 2 aromatic rings. The maximum atomic E-state index is 11.5. The van der Waals surface area contributed by atoms with E-state index in [-0.39, 0.29) is 18.4 Å². The molecule has 7 nitrogen and oxygen atoms in total. The van der Waals surface area contributed by atoms with Gasteiger partial charge in [0.15, 0.2) is 5.13 Å². The number of rotatable bonds is 3. The fourth-order valence-corrected chi connectivity index (χ4v) is 1.78. The molecule has 0 saturated heterocycles. The van der Waals surface area contributed by atoms with Crippen LogP contribution in [0.2, 0.25) is 0 Å². The fraction of sp³-hybridized carbons (Fsp3) is 0.250. The zero-order valence-corrected chi connectivity index (χ0v) is 9.36. The molecule has 0 unspecified atom stereocenters. The van der Waals surface area contributed by atoms with Gasteiger partial charge in [0, 0.05) is 11.1 Å². The van der Waals surface area contributed by atoms with Gasteiger partial charge in [-0.1, -0.05) is 0 Å². The normalized spacial score (nSPS) is 10.3. The van der Waals surface area contributed by atoms with E-state index in [9.17, 15) is 4.79 Å². The molecule has 1 amide bonds. The molecule has 2 aromatic heterocycles. The van der Waals surface area contributed by atoms with Gasteiger partial charge in [-0.2, -0.15) is 0 Å². The molecule has 0 aliphatic carbocycles. The second kappa shape index (κ2) is 4.27. The van der Waals surface area contributed by atoms with Crippen LogP contribution in [0.3, 0.4) is 0 Å². The number of aromatic nitrogens is 4. The Hall–Kier alpha value is -1.96. The van der Waals surface area contributed by atoms with Crippen LogP contribution in [0.5, 0.6) is 0 Å². The van der Waals surface area contributed by atoms with Crippen molar-refractivity contribution < 1.29 is 4.79 Å². The molecule has 0 saturated carbocycles. The predicted molar refractivity (Wildman–Crippen MR) is 59.9 cm³/mol. The van der Waals surface area contributed by atoms with E-state index in [4.69, 9.17) is 5.73 Å². The zero-order chi connectivity index (χ0) is 11.5. The fourth-order valence-electron chi connectivity index (χ4n) is 1.10. The van der Waals surface area contributed by atoms with Gasteiger partial charge in [-0.15, -0.1) is 16.4 Å². The van der Waals surface area contributed by atoms with Gasteiger partial charge in [0.1, 0.15) is 12.9 Å². The number of carbonyl (C=O) groups is 1. The number of anilines is 2. The first kappa shape index (κ1) is 10.6. The summed E-state index contributed by atoms with van der Waals surface area (Å²) in [5, 5.41) is 7.04. The molecule has 8 heteroatoms. The summed E-state index contributed by atoms with van der Waals surface area (Å²) in [6, 6.07) is 0. The van der Waals surface area contributed by atoms with Gasteiger partial charge < -0.3 is 11.1 Å². The van der Waals surface area contributed by atoms with Crippen molar-refractivity contribution in [2.45, 2.75) is 13.5 Å². The molecule has 0 atom stereocenters. The summed E-state index contributed by atoms with van der Waals surface area (Å²) in [6.07, 6.45) is 3.11. The molecule has 0 fully saturated rings. The quantitative estimate of drug-likeness (QED) is 0.799. The first-order chi connectivity index (χ1) is 7.63. The van der Waals surface area contributed by atoms with E-state index in [1.54, 1.807) is 6.20 Å². The Morgan fingerprint density at radius 2 is 2.44 bits per heavy atom. The first-order valence-electron chi connectivity index (χ1n) is 4.50. The van der Waals surface area contributed by atoms with Crippen LogP contribution < -0.4 is 11.1 Å². The van der Waals surface area contributed by atoms with Crippen LogP contribution in [0, 0.1) is 6.92 Å². The van der Waals surface area contributed by atoms with Crippen molar-refractivity contribution in [2.75, 3.05) is 11.1 Å². The molecule has 84 valence electrons. The van der Waals surface area contributed by atoms with E-state index >= 15 is 0 Å². The van der Waals surface area contributed by atoms with Gasteiger partial charge in [0.05, 0.1) is 0 Å². The lowest BCUT2D eigenvalue weighted by atomic mass is 10.6. The molecule has 16 heavy (non-hydrogen) atoms. The number of carbonyl (C=O) groups excluding carboxylic acids is 1. The highest BCUT2D eigenvalue weighted by atomic mass is 32.1. The van der Waals surface area contributed by atoms with Crippen LogP contribution in [0.4, 0.5) is 11.1 Å². The second-order valence-electron chi connectivity index (χ2n) is 3.12. The van der Waals surface area contributed by atoms with E-state index in [1.807, 2.05) is 6.92 Å². The molecule has 0 spiro atoms. The second-order valence-corrected chi connectivity index (χ2v) is 4.36. The third kappa shape index (κ3) is 2.54. The third-order valence-corrected chi connectivity index (χ3v) is 2.56. The number of hydrogen-bond acceptors (Lipinski definition) is 6. The number of nitrogens with two attached hydrogens (primary N) is 1. The largest absolute Gasteiger partial charge is 0.367 e. The maximum absolute atomic E-state index is 11.5. The predicted octanol–water partition coefficient (Wildman–Crippen LogP) is 0.264. The highest BCUT2D eigenvalue weighted by Crippen LogP contribution is 2.16. The summed E-state index contributed by atoms with van der Waals surface area (Å²) in [5.41, 5.74) is 5.33. The number of nitrogens with zero attached hydrogens (tertiary/aromatic N) is 4. The average molecular weight is 238 g/mol. The van der Waals surface area contributed by atoms with Crippen LogP contribution in [-0.2, 0) is 11.3 Å². The topological polar surface area (TPSA) is 98.7 Å². The average Bonchev–Trinajstić information content (AvgIpc) is 2.76. The van der Waals surface area contributed by atoms with Crippen molar-refractivity contribution in [1.82, 2.24) is 19.7 Å². The van der Waals surface area contributed by atoms with E-state index < -0.39 is 0 Å². The maximum Gasteiger partial charge on any atom is 0.247 e. The van der Waals surface area contributed by atoms with Crippen molar-refractivity contribution in [1.29, 1.82) is 0 Å². The Balaban J connectivity index is 1.94. The molecule has 0 radical (unpaired) electrons. The Morgan fingerprint density at radius 3 is 3.00 bits per heavy atom. The number of nitrogens with one attached hydrogen (secondary N) is 1. The molecule has 0 aliphatic rings. The summed E-state index contributed by atoms with van der Waals surface area (Å²) < 4.78 is 1.37. The van der Waals surface area contributed by atoms with Crippen LogP contribution in [0.25, 0.3) is 0 Å². The van der Waals surface area contributed by atoms with Gasteiger partial charge in [-0.3, -0.25) is 4.79 Å². The SMILES string of the molecule is Cc1cnc(NC(=O)Cn2cnc(N)n2)s1. The lowest BCUT2D eigenvalue weighted by Crippen LogP contribution is -2.19. The summed E-state index contributed by atoms with van der Waals surface area (Å²) in [7, 11) is 0. The first-order valence-corrected chi connectivity index (χ1v) is 5.32. The van der Waals surface area contributed by atoms with E-state index in [0.29, 0.717) is 5.13 Å². The lowest BCUT2D eigenvalue weighted by molar-refractivity contribution is -0.116. The number of amides is 1. The molecule has 3 N–H and O–H groups in total. The molecule has 2 heterocycles. The lowest BCUT2D eigenvalue weighted by Gasteiger charge is -2.00. The Labute approximate surface area is 95.3 Å². The highest BCUT2D eigenvalue weighted by Gasteiger charge is 2.07. The summed E-state index contributed by atoms with van der Waals surface area (Å²) in [4.78, 5) is 20.3. The van der Waals surface area contributed by atoms with E-state index in [1.165, 1.54) is 22.3 Å². The van der Waals surface area contributed by atoms with Crippen LogP contribution in [-0.4, -0.2) is 25.7 Å². The molecule has 0 aromatic carbocycles. The number of aryl methyl sites for hydroxylation is 1. The van der Waals surface area contributed by atoms with Crippen molar-refractivity contribution >= 4 is 28.3 Å². The Bertz CT molecular complexity index is 460. The molecular formula is C8H10N6OS. The number of hydrogen-bond donors (Lipinski definition) is 2. The summed E-state index contributed by atoms with van der Waals surface area (Å²) >= 11 is 1.42. The minimum atomic E-state index is -0.209. The molecule has 2 rings (SSSR count). The third-order valence-electron chi connectivity index (χ3n) is 1.73. The molecule has 0 bridgehead atoms. The van der Waals surface area contributed by atoms with Crippen molar-refractivity contribution in [3.8, 4) is 0 Å². The van der Waals surface area contributed by atoms with Crippen LogP contribution in [0.1, 0.15) is 4.88 Å². The smallest absolute Gasteiger partial charge is 0.247 e. The number of thiazole rings is 1.